The average Bonchev–Trinajstić information content (AvgIpc) is 3.31. The van der Waals surface area contributed by atoms with Gasteiger partial charge in [0.1, 0.15) is 12.3 Å². The SMILES string of the molecule is COc1ccc(C(=O)NCC(=O)OC(C)C(=O)Nc2nc(-c3cccc([N+](=O)[O-])c3)cs2)cc1. The molecule has 3 aromatic rings. The Bertz CT molecular complexity index is 1210. The number of anilines is 1. The number of nitrogens with zero attached hydrogens (tertiary/aromatic N) is 2. The smallest absolute Gasteiger partial charge is 0.326 e. The second-order valence-electron chi connectivity index (χ2n) is 6.88. The number of ether oxygens (including phenoxy) is 2. The van der Waals surface area contributed by atoms with Gasteiger partial charge >= 0.3 is 5.97 Å². The molecule has 1 aromatic heterocycles. The van der Waals surface area contributed by atoms with Crippen LogP contribution in [0.3, 0.4) is 0 Å². The number of benzene rings is 2. The summed E-state index contributed by atoms with van der Waals surface area (Å²) in [4.78, 5) is 51.1. The predicted octanol–water partition coefficient (Wildman–Crippen LogP) is 3.03. The fourth-order valence-corrected chi connectivity index (χ4v) is 3.46. The lowest BCUT2D eigenvalue weighted by atomic mass is 10.1. The molecule has 0 saturated carbocycles. The van der Waals surface area contributed by atoms with Gasteiger partial charge in [-0.15, -0.1) is 11.3 Å². The van der Waals surface area contributed by atoms with Gasteiger partial charge in [-0.3, -0.25) is 29.8 Å². The summed E-state index contributed by atoms with van der Waals surface area (Å²) in [7, 11) is 1.51. The van der Waals surface area contributed by atoms with E-state index < -0.39 is 35.4 Å². The molecule has 2 aromatic carbocycles. The number of thiazole rings is 1. The van der Waals surface area contributed by atoms with Crippen molar-refractivity contribution in [3.05, 3.63) is 69.6 Å². The highest BCUT2D eigenvalue weighted by Gasteiger charge is 2.20. The van der Waals surface area contributed by atoms with Gasteiger partial charge in [-0.1, -0.05) is 12.1 Å². The van der Waals surface area contributed by atoms with Gasteiger partial charge in [0.25, 0.3) is 17.5 Å². The van der Waals surface area contributed by atoms with E-state index in [2.05, 4.69) is 15.6 Å². The molecule has 0 aliphatic carbocycles. The summed E-state index contributed by atoms with van der Waals surface area (Å²) in [6, 6.07) is 12.3. The molecule has 2 amide bonds. The van der Waals surface area contributed by atoms with Gasteiger partial charge in [-0.05, 0) is 31.2 Å². The van der Waals surface area contributed by atoms with E-state index >= 15 is 0 Å². The quantitative estimate of drug-likeness (QED) is 0.267. The standard InChI is InChI=1S/C22H20N4O7S/c1-13(33-19(27)11-23-21(29)14-6-8-17(32-2)9-7-14)20(28)25-22-24-18(12-34-22)15-4-3-5-16(10-15)26(30)31/h3-10,12-13H,11H2,1-2H3,(H,23,29)(H,24,25,28). The zero-order chi connectivity index (χ0) is 24.7. The Morgan fingerprint density at radius 2 is 1.91 bits per heavy atom. The molecule has 176 valence electrons. The summed E-state index contributed by atoms with van der Waals surface area (Å²) in [5, 5.41) is 17.8. The number of aromatic nitrogens is 1. The number of rotatable bonds is 9. The van der Waals surface area contributed by atoms with Gasteiger partial charge in [0.05, 0.1) is 17.7 Å². The minimum absolute atomic E-state index is 0.0734. The molecule has 12 heteroatoms. The maximum atomic E-state index is 12.3. The fraction of sp³-hybridized carbons (Fsp3) is 0.182. The molecular weight excluding hydrogens is 464 g/mol. The second-order valence-corrected chi connectivity index (χ2v) is 7.74. The first-order chi connectivity index (χ1) is 16.3. The number of non-ortho nitro benzene ring substituents is 1. The van der Waals surface area contributed by atoms with Crippen LogP contribution in [-0.2, 0) is 14.3 Å². The molecule has 1 atom stereocenters. The lowest BCUT2D eigenvalue weighted by molar-refractivity contribution is -0.384. The molecule has 2 N–H and O–H groups in total. The molecule has 0 bridgehead atoms. The van der Waals surface area contributed by atoms with Crippen molar-refractivity contribution in [3.8, 4) is 17.0 Å². The third-order valence-electron chi connectivity index (χ3n) is 4.51. The third-order valence-corrected chi connectivity index (χ3v) is 5.27. The monoisotopic (exact) mass is 484 g/mol. The normalized spacial score (nSPS) is 11.2. The number of carbonyl (C=O) groups is 3. The van der Waals surface area contributed by atoms with Gasteiger partial charge in [0.15, 0.2) is 11.2 Å². The minimum atomic E-state index is -1.14. The van der Waals surface area contributed by atoms with Crippen molar-refractivity contribution in [2.75, 3.05) is 19.0 Å². The molecule has 0 fully saturated rings. The predicted molar refractivity (Wildman–Crippen MR) is 124 cm³/mol. The number of hydrogen-bond donors (Lipinski definition) is 2. The third kappa shape index (κ3) is 6.36. The minimum Gasteiger partial charge on any atom is -0.497 e. The summed E-state index contributed by atoms with van der Waals surface area (Å²) in [5.41, 5.74) is 1.24. The largest absolute Gasteiger partial charge is 0.497 e. The Hall–Kier alpha value is -4.32. The van der Waals surface area contributed by atoms with E-state index in [1.807, 2.05) is 0 Å². The van der Waals surface area contributed by atoms with E-state index in [0.717, 1.165) is 11.3 Å². The van der Waals surface area contributed by atoms with E-state index in [4.69, 9.17) is 9.47 Å². The summed E-state index contributed by atoms with van der Waals surface area (Å²) in [6.07, 6.45) is -1.14. The van der Waals surface area contributed by atoms with Gasteiger partial charge in [-0.2, -0.15) is 0 Å². The van der Waals surface area contributed by atoms with Gasteiger partial charge < -0.3 is 14.8 Å². The van der Waals surface area contributed by atoms with Gasteiger partial charge in [0, 0.05) is 28.6 Å². The highest BCUT2D eigenvalue weighted by molar-refractivity contribution is 7.14. The van der Waals surface area contributed by atoms with Crippen LogP contribution in [0.1, 0.15) is 17.3 Å². The first-order valence-corrected chi connectivity index (χ1v) is 10.8. The van der Waals surface area contributed by atoms with Crippen LogP contribution in [0.4, 0.5) is 10.8 Å². The number of nitro groups is 1. The molecule has 1 unspecified atom stereocenters. The molecule has 3 rings (SSSR count). The van der Waals surface area contributed by atoms with E-state index in [1.165, 1.54) is 26.2 Å². The summed E-state index contributed by atoms with van der Waals surface area (Å²) in [5.74, 6) is -1.29. The first-order valence-electron chi connectivity index (χ1n) is 9.89. The van der Waals surface area contributed by atoms with Crippen LogP contribution in [-0.4, -0.2) is 47.4 Å². The fourth-order valence-electron chi connectivity index (χ4n) is 2.74. The first kappa shape index (κ1) is 24.3. The van der Waals surface area contributed by atoms with Crippen LogP contribution >= 0.6 is 11.3 Å². The number of amides is 2. The lowest BCUT2D eigenvalue weighted by Gasteiger charge is -2.13. The van der Waals surface area contributed by atoms with Crippen molar-refractivity contribution >= 4 is 39.9 Å². The van der Waals surface area contributed by atoms with Crippen LogP contribution in [0.25, 0.3) is 11.3 Å². The Morgan fingerprint density at radius 1 is 1.18 bits per heavy atom. The molecular formula is C22H20N4O7S. The van der Waals surface area contributed by atoms with Crippen LogP contribution in [0.15, 0.2) is 53.9 Å². The van der Waals surface area contributed by atoms with Gasteiger partial charge in [0.2, 0.25) is 0 Å². The van der Waals surface area contributed by atoms with Crippen molar-refractivity contribution in [1.29, 1.82) is 0 Å². The van der Waals surface area contributed by atoms with Crippen LogP contribution in [0, 0.1) is 10.1 Å². The lowest BCUT2D eigenvalue weighted by Crippen LogP contribution is -2.35. The number of esters is 1. The number of nitro benzene ring substituents is 1. The van der Waals surface area contributed by atoms with Crippen molar-refractivity contribution < 1.29 is 28.8 Å². The number of hydrogen-bond acceptors (Lipinski definition) is 9. The second kappa shape index (κ2) is 11.0. The van der Waals surface area contributed by atoms with Crippen LogP contribution < -0.4 is 15.4 Å². The summed E-state index contributed by atoms with van der Waals surface area (Å²) in [6.45, 7) is 0.963. The molecule has 1 heterocycles. The maximum Gasteiger partial charge on any atom is 0.326 e. The van der Waals surface area contributed by atoms with Crippen molar-refractivity contribution in [2.24, 2.45) is 0 Å². The molecule has 11 nitrogen and oxygen atoms in total. The number of carbonyl (C=O) groups excluding carboxylic acids is 3. The molecule has 0 aliphatic heterocycles. The summed E-state index contributed by atoms with van der Waals surface area (Å²) < 4.78 is 10.1. The topological polar surface area (TPSA) is 150 Å². The molecule has 0 radical (unpaired) electrons. The molecule has 0 spiro atoms. The molecule has 0 saturated heterocycles. The summed E-state index contributed by atoms with van der Waals surface area (Å²) >= 11 is 1.12. The Kier molecular flexibility index (Phi) is 7.88. The highest BCUT2D eigenvalue weighted by Crippen LogP contribution is 2.27. The van der Waals surface area contributed by atoms with Crippen LogP contribution in [0.2, 0.25) is 0 Å². The highest BCUT2D eigenvalue weighted by atomic mass is 32.1. The number of nitrogens with one attached hydrogen (secondary N) is 2. The van der Waals surface area contributed by atoms with E-state index in [1.54, 1.807) is 41.8 Å². The Morgan fingerprint density at radius 3 is 2.59 bits per heavy atom. The van der Waals surface area contributed by atoms with Crippen molar-refractivity contribution in [1.82, 2.24) is 10.3 Å². The van der Waals surface area contributed by atoms with Crippen molar-refractivity contribution in [3.63, 3.8) is 0 Å². The van der Waals surface area contributed by atoms with Crippen molar-refractivity contribution in [2.45, 2.75) is 13.0 Å². The molecule has 34 heavy (non-hydrogen) atoms. The number of methoxy groups -OCH3 is 1. The van der Waals surface area contributed by atoms with Crippen LogP contribution in [0.5, 0.6) is 5.75 Å². The van der Waals surface area contributed by atoms with E-state index in [0.29, 0.717) is 22.6 Å². The molecule has 0 aliphatic rings. The van der Waals surface area contributed by atoms with E-state index in [-0.39, 0.29) is 10.8 Å². The average molecular weight is 484 g/mol. The van der Waals surface area contributed by atoms with Gasteiger partial charge in [-0.25, -0.2) is 4.98 Å². The Labute approximate surface area is 197 Å². The zero-order valence-corrected chi connectivity index (χ0v) is 19.0. The Balaban J connectivity index is 1.50. The van der Waals surface area contributed by atoms with E-state index in [9.17, 15) is 24.5 Å². The zero-order valence-electron chi connectivity index (χ0n) is 18.1. The maximum absolute atomic E-state index is 12.3.